The van der Waals surface area contributed by atoms with Crippen molar-refractivity contribution in [3.05, 3.63) is 73.6 Å². The highest BCUT2D eigenvalue weighted by Crippen LogP contribution is 2.43. The number of halogens is 3. The van der Waals surface area contributed by atoms with Crippen LogP contribution in [-0.2, 0) is 6.42 Å². The molecule has 0 spiro atoms. The number of nitrogens with two attached hydrogens (primary N) is 2. The summed E-state index contributed by atoms with van der Waals surface area (Å²) in [5, 5.41) is 0.0908. The van der Waals surface area contributed by atoms with Crippen LogP contribution in [0.1, 0.15) is 30.9 Å². The number of rotatable bonds is 5. The number of nitrogens with zero attached hydrogens (tertiary/aromatic N) is 3. The second-order valence-electron chi connectivity index (χ2n) is 9.01. The molecule has 1 aromatic heterocycles. The van der Waals surface area contributed by atoms with E-state index in [2.05, 4.69) is 12.1 Å². The summed E-state index contributed by atoms with van der Waals surface area (Å²) in [6.07, 6.45) is 3.13. The lowest BCUT2D eigenvalue weighted by molar-refractivity contribution is 0.337. The molecule has 3 aromatic rings. The maximum Gasteiger partial charge on any atom is 0.350 e. The summed E-state index contributed by atoms with van der Waals surface area (Å²) in [6.45, 7) is 1.56. The highest BCUT2D eigenvalue weighted by Gasteiger charge is 2.39. The van der Waals surface area contributed by atoms with Crippen LogP contribution in [0.3, 0.4) is 0 Å². The molecular formula is C23H26Cl2FN5O2. The molecule has 2 aliphatic rings. The highest BCUT2D eigenvalue weighted by atomic mass is 35.5. The minimum absolute atomic E-state index is 0. The Hall–Kier alpha value is -2.55. The molecule has 0 amide bonds. The third-order valence-corrected chi connectivity index (χ3v) is 7.15. The molecule has 1 atom stereocenters. The summed E-state index contributed by atoms with van der Waals surface area (Å²) in [7, 11) is 0. The molecule has 2 aromatic carbocycles. The molecule has 2 heterocycles. The fourth-order valence-electron chi connectivity index (χ4n) is 4.92. The van der Waals surface area contributed by atoms with Gasteiger partial charge < -0.3 is 16.5 Å². The van der Waals surface area contributed by atoms with Gasteiger partial charge in [0.05, 0.1) is 21.6 Å². The number of benzene rings is 2. The molecule has 5 rings (SSSR count). The molecule has 7 nitrogen and oxygen atoms in total. The number of anilines is 1. The Morgan fingerprint density at radius 3 is 2.52 bits per heavy atom. The van der Waals surface area contributed by atoms with Gasteiger partial charge in [-0.1, -0.05) is 41.9 Å². The Bertz CT molecular complexity index is 1320. The minimum Gasteiger partial charge on any atom is -0.367 e. The van der Waals surface area contributed by atoms with Crippen LogP contribution in [0.25, 0.3) is 10.9 Å². The zero-order valence-electron chi connectivity index (χ0n) is 18.0. The second kappa shape index (κ2) is 8.66. The van der Waals surface area contributed by atoms with Crippen molar-refractivity contribution in [2.75, 3.05) is 30.4 Å². The van der Waals surface area contributed by atoms with Gasteiger partial charge in [0.25, 0.3) is 5.56 Å². The van der Waals surface area contributed by atoms with Gasteiger partial charge in [0.15, 0.2) is 0 Å². The predicted molar refractivity (Wildman–Crippen MR) is 132 cm³/mol. The summed E-state index contributed by atoms with van der Waals surface area (Å²) in [5.74, 6) is 5.08. The van der Waals surface area contributed by atoms with Crippen LogP contribution in [0.15, 0.2) is 46.0 Å². The Kier molecular flexibility index (Phi) is 6.20. The van der Waals surface area contributed by atoms with Crippen LogP contribution in [-0.4, -0.2) is 28.9 Å². The normalized spacial score (nSPS) is 20.3. The first-order valence-corrected chi connectivity index (χ1v) is 11.2. The number of hydrogen-bond donors (Lipinski definition) is 2. The van der Waals surface area contributed by atoms with Crippen molar-refractivity contribution >= 4 is 40.6 Å². The van der Waals surface area contributed by atoms with Crippen molar-refractivity contribution in [3.8, 4) is 0 Å². The third kappa shape index (κ3) is 3.90. The quantitative estimate of drug-likeness (QED) is 0.532. The Morgan fingerprint density at radius 1 is 1.18 bits per heavy atom. The molecule has 0 bridgehead atoms. The smallest absolute Gasteiger partial charge is 0.350 e. The summed E-state index contributed by atoms with van der Waals surface area (Å²) < 4.78 is 17.3. The molecule has 1 aliphatic heterocycles. The maximum absolute atomic E-state index is 15.3. The second-order valence-corrected chi connectivity index (χ2v) is 9.39. The van der Waals surface area contributed by atoms with E-state index in [4.69, 9.17) is 23.2 Å². The van der Waals surface area contributed by atoms with E-state index in [1.165, 1.54) is 10.1 Å². The summed E-state index contributed by atoms with van der Waals surface area (Å²) in [5.41, 5.74) is 6.24. The molecule has 1 saturated heterocycles. The van der Waals surface area contributed by atoms with Gasteiger partial charge in [0.2, 0.25) is 0 Å². The van der Waals surface area contributed by atoms with E-state index in [-0.39, 0.29) is 45.5 Å². The number of fused-ring (bicyclic) bond motifs is 1. The lowest BCUT2D eigenvalue weighted by Gasteiger charge is -2.29. The van der Waals surface area contributed by atoms with Crippen LogP contribution >= 0.6 is 24.0 Å². The first kappa shape index (κ1) is 23.6. The Morgan fingerprint density at radius 2 is 1.88 bits per heavy atom. The fraction of sp³-hybridized carbons (Fsp3) is 0.391. The van der Waals surface area contributed by atoms with Gasteiger partial charge in [0, 0.05) is 31.1 Å². The van der Waals surface area contributed by atoms with E-state index in [9.17, 15) is 9.59 Å². The molecule has 1 aliphatic carbocycles. The lowest BCUT2D eigenvalue weighted by Crippen LogP contribution is -2.44. The van der Waals surface area contributed by atoms with Crippen molar-refractivity contribution in [1.82, 2.24) is 9.24 Å². The maximum atomic E-state index is 15.3. The average molecular weight is 494 g/mol. The van der Waals surface area contributed by atoms with Crippen molar-refractivity contribution < 1.29 is 4.39 Å². The van der Waals surface area contributed by atoms with Crippen molar-refractivity contribution in [3.63, 3.8) is 0 Å². The van der Waals surface area contributed by atoms with Gasteiger partial charge in [-0.2, -0.15) is 4.68 Å². The van der Waals surface area contributed by atoms with Gasteiger partial charge >= 0.3 is 5.69 Å². The molecule has 4 N–H and O–H groups in total. The Labute approximate surface area is 201 Å². The van der Waals surface area contributed by atoms with Gasteiger partial charge in [-0.15, -0.1) is 12.4 Å². The molecule has 33 heavy (non-hydrogen) atoms. The minimum atomic E-state index is -0.754. The first-order valence-electron chi connectivity index (χ1n) is 10.8. The van der Waals surface area contributed by atoms with Crippen molar-refractivity contribution in [2.24, 2.45) is 11.1 Å². The predicted octanol–water partition coefficient (Wildman–Crippen LogP) is 2.82. The molecule has 176 valence electrons. The number of nitrogen functional groups attached to an aromatic ring is 1. The van der Waals surface area contributed by atoms with E-state index in [1.807, 2.05) is 23.1 Å². The van der Waals surface area contributed by atoms with Gasteiger partial charge in [-0.25, -0.2) is 9.18 Å². The van der Waals surface area contributed by atoms with Crippen molar-refractivity contribution in [2.45, 2.75) is 31.7 Å². The monoisotopic (exact) mass is 493 g/mol. The molecule has 1 saturated carbocycles. The van der Waals surface area contributed by atoms with Crippen molar-refractivity contribution in [1.29, 1.82) is 0 Å². The summed E-state index contributed by atoms with van der Waals surface area (Å²) >= 11 is 6.74. The molecule has 2 fully saturated rings. The lowest BCUT2D eigenvalue weighted by atomic mass is 9.81. The zero-order chi connectivity index (χ0) is 22.6. The van der Waals surface area contributed by atoms with E-state index in [0.717, 1.165) is 31.7 Å². The van der Waals surface area contributed by atoms with Crippen LogP contribution in [0.5, 0.6) is 0 Å². The highest BCUT2D eigenvalue weighted by molar-refractivity contribution is 6.38. The standard InChI is InChI=1S/C23H25ClFN5O2.ClH/c24-18-19-16(21(31)30(27)22(32)29(19)15-6-7-15)10-17(25)20(18)28-9-8-23(12-26,13-28)11-14-4-2-1-3-5-14;/h1-5,10,15H,6-9,11-13,26-27H2;1H. The van der Waals surface area contributed by atoms with Crippen LogP contribution in [0.2, 0.25) is 5.02 Å². The average Bonchev–Trinajstić information content (AvgIpc) is 3.54. The van der Waals surface area contributed by atoms with Gasteiger partial charge in [-0.05, 0) is 37.3 Å². The number of aromatic nitrogens is 2. The zero-order valence-corrected chi connectivity index (χ0v) is 19.5. The van der Waals surface area contributed by atoms with Crippen LogP contribution in [0, 0.1) is 11.2 Å². The van der Waals surface area contributed by atoms with E-state index < -0.39 is 17.1 Å². The number of hydrogen-bond acceptors (Lipinski definition) is 5. The van der Waals surface area contributed by atoms with Gasteiger partial charge in [-0.3, -0.25) is 9.36 Å². The molecule has 1 unspecified atom stereocenters. The van der Waals surface area contributed by atoms with E-state index in [0.29, 0.717) is 24.3 Å². The summed E-state index contributed by atoms with van der Waals surface area (Å²) in [4.78, 5) is 27.2. The topological polar surface area (TPSA) is 99.3 Å². The van der Waals surface area contributed by atoms with E-state index in [1.54, 1.807) is 0 Å². The third-order valence-electron chi connectivity index (χ3n) is 6.79. The molecular weight excluding hydrogens is 468 g/mol. The first-order chi connectivity index (χ1) is 15.3. The SMILES string of the molecule is Cl.NCC1(Cc2ccccc2)CCN(c2c(F)cc3c(=O)n(N)c(=O)n(C4CC4)c3c2Cl)C1. The Balaban J connectivity index is 0.00000259. The van der Waals surface area contributed by atoms with E-state index >= 15 is 4.39 Å². The van der Waals surface area contributed by atoms with Gasteiger partial charge in [0.1, 0.15) is 5.82 Å². The molecule has 0 radical (unpaired) electrons. The van der Waals surface area contributed by atoms with Crippen LogP contribution < -0.4 is 27.7 Å². The fourth-order valence-corrected chi connectivity index (χ4v) is 5.33. The largest absolute Gasteiger partial charge is 0.367 e. The summed E-state index contributed by atoms with van der Waals surface area (Å²) in [6, 6.07) is 11.2. The van der Waals surface area contributed by atoms with Crippen LogP contribution in [0.4, 0.5) is 10.1 Å². The molecule has 10 heteroatoms.